The first-order valence-corrected chi connectivity index (χ1v) is 17.7. The summed E-state index contributed by atoms with van der Waals surface area (Å²) in [7, 11) is 0. The molecular formula is C46H36N2O. The molecule has 49 heavy (non-hydrogen) atoms. The molecule has 6 aromatic rings. The summed E-state index contributed by atoms with van der Waals surface area (Å²) < 4.78 is 6.39. The Balaban J connectivity index is 1.03. The van der Waals surface area contributed by atoms with Crippen molar-refractivity contribution in [2.45, 2.75) is 49.9 Å². The topological polar surface area (TPSA) is 35.0 Å². The summed E-state index contributed by atoms with van der Waals surface area (Å²) in [6.07, 6.45) is 13.7. The van der Waals surface area contributed by atoms with Crippen LogP contribution in [0.3, 0.4) is 0 Å². The van der Waals surface area contributed by atoms with Crippen LogP contribution in [0.5, 0.6) is 5.75 Å². The van der Waals surface area contributed by atoms with E-state index in [9.17, 15) is 0 Å². The van der Waals surface area contributed by atoms with Gasteiger partial charge in [-0.25, -0.2) is 9.97 Å². The average Bonchev–Trinajstić information content (AvgIpc) is 3.69. The fraction of sp³-hybridized carbons (Fsp3) is 0.174. The van der Waals surface area contributed by atoms with E-state index in [0.29, 0.717) is 0 Å². The molecule has 0 bridgehead atoms. The van der Waals surface area contributed by atoms with Crippen LogP contribution in [-0.4, -0.2) is 9.97 Å². The molecule has 1 fully saturated rings. The molecule has 1 aromatic heterocycles. The number of hydrogen-bond acceptors (Lipinski definition) is 3. The van der Waals surface area contributed by atoms with Crippen LogP contribution in [0.15, 0.2) is 145 Å². The Morgan fingerprint density at radius 1 is 0.592 bits per heavy atom. The first-order chi connectivity index (χ1) is 24.3. The van der Waals surface area contributed by atoms with Gasteiger partial charge in [-0.2, -0.15) is 0 Å². The largest absolute Gasteiger partial charge is 0.457 e. The van der Waals surface area contributed by atoms with Crippen molar-refractivity contribution in [2.75, 3.05) is 0 Å². The smallest absolute Gasteiger partial charge is 0.175 e. The molecule has 0 N–H and O–H groups in total. The molecular weight excluding hydrogens is 597 g/mol. The van der Waals surface area contributed by atoms with Crippen molar-refractivity contribution >= 4 is 0 Å². The van der Waals surface area contributed by atoms with E-state index in [0.717, 1.165) is 51.8 Å². The lowest BCUT2D eigenvalue weighted by Gasteiger charge is -2.36. The summed E-state index contributed by atoms with van der Waals surface area (Å²) in [5.41, 5.74) is 14.9. The maximum atomic E-state index is 6.39. The van der Waals surface area contributed by atoms with Gasteiger partial charge in [0.25, 0.3) is 0 Å². The van der Waals surface area contributed by atoms with Gasteiger partial charge in [0.1, 0.15) is 11.5 Å². The predicted octanol–water partition coefficient (Wildman–Crippen LogP) is 11.7. The number of aromatic nitrogens is 2. The average molecular weight is 633 g/mol. The van der Waals surface area contributed by atoms with Gasteiger partial charge in [0.05, 0.1) is 11.6 Å². The Morgan fingerprint density at radius 3 is 2.18 bits per heavy atom. The van der Waals surface area contributed by atoms with Crippen molar-refractivity contribution in [3.05, 3.63) is 162 Å². The molecule has 3 heteroatoms. The quantitative estimate of drug-likeness (QED) is 0.194. The number of hydrogen-bond donors (Lipinski definition) is 0. The van der Waals surface area contributed by atoms with E-state index in [1.54, 1.807) is 0 Å². The van der Waals surface area contributed by atoms with Crippen LogP contribution in [0.2, 0.25) is 0 Å². The lowest BCUT2D eigenvalue weighted by Crippen LogP contribution is -2.27. The molecule has 0 amide bonds. The minimum absolute atomic E-state index is 0.124. The minimum Gasteiger partial charge on any atom is -0.457 e. The van der Waals surface area contributed by atoms with Crippen LogP contribution < -0.4 is 4.74 Å². The number of benzene rings is 5. The Morgan fingerprint density at radius 2 is 1.31 bits per heavy atom. The molecule has 3 aliphatic carbocycles. The molecule has 4 aliphatic rings. The van der Waals surface area contributed by atoms with Crippen LogP contribution >= 0.6 is 0 Å². The fourth-order valence-corrected chi connectivity index (χ4v) is 8.92. The molecule has 1 saturated carbocycles. The number of ether oxygens (including phenoxy) is 1. The Hall–Kier alpha value is -5.54. The zero-order chi connectivity index (χ0) is 32.4. The first-order valence-electron chi connectivity index (χ1n) is 17.7. The highest BCUT2D eigenvalue weighted by atomic mass is 16.5. The third kappa shape index (κ3) is 4.49. The monoisotopic (exact) mass is 632 g/mol. The molecule has 0 saturated heterocycles. The number of allylic oxidation sites excluding steroid dienone is 4. The highest BCUT2D eigenvalue weighted by molar-refractivity contribution is 5.93. The summed E-state index contributed by atoms with van der Waals surface area (Å²) >= 11 is 0. The van der Waals surface area contributed by atoms with Crippen molar-refractivity contribution in [1.82, 2.24) is 9.97 Å². The molecule has 1 atom stereocenters. The second-order valence-electron chi connectivity index (χ2n) is 13.9. The van der Waals surface area contributed by atoms with Gasteiger partial charge in [-0.1, -0.05) is 147 Å². The van der Waals surface area contributed by atoms with Crippen LogP contribution in [0, 0.1) is 0 Å². The maximum absolute atomic E-state index is 6.39. The standard InChI is InChI=1S/C46H36N2O/c1-3-13-32(14-4-1)42-44-43(37-18-6-8-22-40(37)49-44)48-45(47-42)34-16-11-15-33(29-34)30-23-25-31(26-24-30)35-19-12-21-39-41(35)36-17-5-7-20-38(36)46(39)27-9-2-10-28-46/h1,3-8,11-17,19-26,29,37H,2,9-10,18,27-28H2. The Labute approximate surface area is 287 Å². The zero-order valence-corrected chi connectivity index (χ0v) is 27.4. The maximum Gasteiger partial charge on any atom is 0.175 e. The van der Waals surface area contributed by atoms with E-state index in [1.165, 1.54) is 71.0 Å². The Kier molecular flexibility index (Phi) is 6.55. The van der Waals surface area contributed by atoms with Crippen molar-refractivity contribution in [2.24, 2.45) is 0 Å². The summed E-state index contributed by atoms with van der Waals surface area (Å²) in [4.78, 5) is 10.3. The van der Waals surface area contributed by atoms with Gasteiger partial charge in [0, 0.05) is 16.5 Å². The van der Waals surface area contributed by atoms with Gasteiger partial charge in [-0.05, 0) is 75.9 Å². The predicted molar refractivity (Wildman–Crippen MR) is 198 cm³/mol. The second kappa shape index (κ2) is 11.3. The molecule has 1 unspecified atom stereocenters. The van der Waals surface area contributed by atoms with Gasteiger partial charge >= 0.3 is 0 Å². The first kappa shape index (κ1) is 28.5. The van der Waals surface area contributed by atoms with E-state index >= 15 is 0 Å². The second-order valence-corrected chi connectivity index (χ2v) is 13.9. The van der Waals surface area contributed by atoms with Crippen LogP contribution in [0.1, 0.15) is 61.3 Å². The molecule has 0 radical (unpaired) electrons. The molecule has 10 rings (SSSR count). The minimum atomic E-state index is 0.124. The molecule has 5 aromatic carbocycles. The number of nitrogens with zero attached hydrogens (tertiary/aromatic N) is 2. The van der Waals surface area contributed by atoms with Crippen molar-refractivity contribution < 1.29 is 4.74 Å². The lowest BCUT2D eigenvalue weighted by molar-refractivity contribution is 0.353. The third-order valence-electron chi connectivity index (χ3n) is 11.2. The molecule has 3 nitrogen and oxygen atoms in total. The van der Waals surface area contributed by atoms with E-state index in [1.807, 2.05) is 18.2 Å². The summed E-state index contributed by atoms with van der Waals surface area (Å²) in [5.74, 6) is 2.59. The van der Waals surface area contributed by atoms with Gasteiger partial charge in [0.2, 0.25) is 0 Å². The van der Waals surface area contributed by atoms with Gasteiger partial charge in [-0.3, -0.25) is 0 Å². The van der Waals surface area contributed by atoms with Gasteiger partial charge < -0.3 is 4.74 Å². The summed E-state index contributed by atoms with van der Waals surface area (Å²) in [6.45, 7) is 0. The van der Waals surface area contributed by atoms with Crippen LogP contribution in [0.25, 0.3) is 56.0 Å². The number of rotatable bonds is 4. The molecule has 1 aliphatic heterocycles. The molecule has 236 valence electrons. The lowest BCUT2D eigenvalue weighted by atomic mass is 9.68. The summed E-state index contributed by atoms with van der Waals surface area (Å²) in [5, 5.41) is 0. The van der Waals surface area contributed by atoms with E-state index in [4.69, 9.17) is 14.7 Å². The van der Waals surface area contributed by atoms with Crippen LogP contribution in [0.4, 0.5) is 0 Å². The number of fused-ring (bicyclic) bond motifs is 8. The third-order valence-corrected chi connectivity index (χ3v) is 11.2. The highest BCUT2D eigenvalue weighted by Gasteiger charge is 2.44. The normalized spacial score (nSPS) is 17.9. The Bertz CT molecular complexity index is 2310. The van der Waals surface area contributed by atoms with E-state index < -0.39 is 0 Å². The highest BCUT2D eigenvalue weighted by Crippen LogP contribution is 2.58. The fourth-order valence-electron chi connectivity index (χ4n) is 8.92. The zero-order valence-electron chi connectivity index (χ0n) is 27.4. The van der Waals surface area contributed by atoms with Crippen molar-refractivity contribution in [3.8, 4) is 61.8 Å². The summed E-state index contributed by atoms with van der Waals surface area (Å²) in [6, 6.07) is 44.3. The van der Waals surface area contributed by atoms with Crippen molar-refractivity contribution in [3.63, 3.8) is 0 Å². The van der Waals surface area contributed by atoms with Gasteiger partial charge in [-0.15, -0.1) is 0 Å². The molecule has 2 heterocycles. The van der Waals surface area contributed by atoms with E-state index in [-0.39, 0.29) is 11.3 Å². The van der Waals surface area contributed by atoms with E-state index in [2.05, 4.69) is 121 Å². The van der Waals surface area contributed by atoms with Crippen molar-refractivity contribution in [1.29, 1.82) is 0 Å². The van der Waals surface area contributed by atoms with Crippen LogP contribution in [-0.2, 0) is 5.41 Å². The molecule has 1 spiro atoms. The van der Waals surface area contributed by atoms with Gasteiger partial charge in [0.15, 0.2) is 11.6 Å². The SMILES string of the molecule is C1=CCC2C(=C1)Oc1c(-c3ccccc3)nc(-c3cccc(-c4ccc(-c5cccc6c5-c5ccccc5C65CCCCC5)cc4)c3)nc12.